The third-order valence-corrected chi connectivity index (χ3v) is 7.43. The first kappa shape index (κ1) is 24.9. The SMILES string of the molecule is NCCCOc1cc2c3c(n(CCCN4CCOCC4)c(=O)c2cc1CO)-c1cc2c(cc1C3=O)OCO2. The minimum Gasteiger partial charge on any atom is -0.493 e. The van der Waals surface area contributed by atoms with Gasteiger partial charge in [0.05, 0.1) is 37.7 Å². The zero-order valence-electron chi connectivity index (χ0n) is 21.2. The number of carbonyl (C=O) groups is 1. The van der Waals surface area contributed by atoms with Gasteiger partial charge in [-0.2, -0.15) is 0 Å². The van der Waals surface area contributed by atoms with E-state index in [2.05, 4.69) is 4.90 Å². The van der Waals surface area contributed by atoms with Crippen molar-refractivity contribution < 1.29 is 28.8 Å². The molecule has 0 unspecified atom stereocenters. The Morgan fingerprint density at radius 2 is 1.71 bits per heavy atom. The van der Waals surface area contributed by atoms with Crippen molar-refractivity contribution in [3.8, 4) is 28.5 Å². The molecule has 0 amide bonds. The fourth-order valence-corrected chi connectivity index (χ4v) is 5.50. The number of ether oxygens (including phenoxy) is 4. The van der Waals surface area contributed by atoms with Crippen molar-refractivity contribution in [1.29, 1.82) is 0 Å². The van der Waals surface area contributed by atoms with Crippen LogP contribution in [-0.2, 0) is 17.9 Å². The Kier molecular flexibility index (Phi) is 6.79. The number of pyridine rings is 1. The number of hydrogen-bond donors (Lipinski definition) is 2. The third-order valence-electron chi connectivity index (χ3n) is 7.43. The molecule has 3 N–H and O–H groups in total. The number of nitrogens with zero attached hydrogens (tertiary/aromatic N) is 2. The van der Waals surface area contributed by atoms with Crippen LogP contribution in [0.5, 0.6) is 17.2 Å². The zero-order chi connectivity index (χ0) is 26.2. The molecule has 0 atom stereocenters. The number of aliphatic hydroxyl groups excluding tert-OH is 1. The number of aromatic nitrogens is 1. The van der Waals surface area contributed by atoms with Gasteiger partial charge < -0.3 is 34.4 Å². The minimum atomic E-state index is -0.295. The molecule has 1 aromatic heterocycles. The van der Waals surface area contributed by atoms with E-state index in [4.69, 9.17) is 24.7 Å². The van der Waals surface area contributed by atoms with Crippen molar-refractivity contribution in [2.45, 2.75) is 26.0 Å². The van der Waals surface area contributed by atoms with Crippen LogP contribution in [0.15, 0.2) is 29.1 Å². The van der Waals surface area contributed by atoms with Crippen LogP contribution in [0.4, 0.5) is 0 Å². The third kappa shape index (κ3) is 4.23. The number of fused-ring (bicyclic) bond motifs is 6. The van der Waals surface area contributed by atoms with Crippen LogP contribution < -0.4 is 25.5 Å². The molecule has 0 bridgehead atoms. The van der Waals surface area contributed by atoms with E-state index in [-0.39, 0.29) is 24.7 Å². The molecule has 3 aliphatic rings. The van der Waals surface area contributed by atoms with Gasteiger partial charge in [-0.25, -0.2) is 0 Å². The molecular weight excluding hydrogens is 490 g/mol. The molecule has 10 heteroatoms. The summed E-state index contributed by atoms with van der Waals surface area (Å²) in [5.41, 5.74) is 8.09. The van der Waals surface area contributed by atoms with Crippen molar-refractivity contribution in [3.05, 3.63) is 51.3 Å². The Hall–Kier alpha value is -3.44. The highest BCUT2D eigenvalue weighted by Crippen LogP contribution is 2.46. The van der Waals surface area contributed by atoms with Gasteiger partial charge in [-0.05, 0) is 43.7 Å². The monoisotopic (exact) mass is 521 g/mol. The maximum absolute atomic E-state index is 14.0. The highest BCUT2D eigenvalue weighted by molar-refractivity contribution is 6.27. The lowest BCUT2D eigenvalue weighted by Gasteiger charge is -2.26. The first-order valence-electron chi connectivity index (χ1n) is 13.1. The van der Waals surface area contributed by atoms with Crippen molar-refractivity contribution >= 4 is 16.6 Å². The zero-order valence-corrected chi connectivity index (χ0v) is 21.2. The molecule has 2 aromatic carbocycles. The molecule has 1 saturated heterocycles. The summed E-state index contributed by atoms with van der Waals surface area (Å²) in [6, 6.07) is 6.86. The van der Waals surface area contributed by atoms with Gasteiger partial charge in [0.15, 0.2) is 17.3 Å². The quantitative estimate of drug-likeness (QED) is 0.318. The standard InChI is InChI=1S/C28H31N3O7/c29-3-1-8-36-22-12-18-21(11-17(22)15-32)28(34)31(5-2-4-30-6-9-35-10-7-30)26-19-13-23-24(38-16-37-23)14-20(19)27(33)25(18)26/h11-14,32H,1-10,15-16,29H2. The molecule has 2 aliphatic heterocycles. The van der Waals surface area contributed by atoms with E-state index in [1.807, 2.05) is 0 Å². The molecule has 3 aromatic rings. The molecule has 0 saturated carbocycles. The van der Waals surface area contributed by atoms with E-state index in [9.17, 15) is 14.7 Å². The average molecular weight is 522 g/mol. The maximum Gasteiger partial charge on any atom is 0.258 e. The number of nitrogens with two attached hydrogens (primary N) is 1. The largest absolute Gasteiger partial charge is 0.493 e. The van der Waals surface area contributed by atoms with Gasteiger partial charge in [-0.15, -0.1) is 0 Å². The molecular formula is C28H31N3O7. The fraction of sp³-hybridized carbons (Fsp3) is 0.429. The lowest BCUT2D eigenvalue weighted by atomic mass is 10.00. The summed E-state index contributed by atoms with van der Waals surface area (Å²) in [6.07, 6.45) is 1.38. The summed E-state index contributed by atoms with van der Waals surface area (Å²) in [7, 11) is 0. The molecule has 1 aliphatic carbocycles. The van der Waals surface area contributed by atoms with E-state index in [1.165, 1.54) is 0 Å². The van der Waals surface area contributed by atoms with Gasteiger partial charge in [0.2, 0.25) is 6.79 Å². The summed E-state index contributed by atoms with van der Waals surface area (Å²) < 4.78 is 24.2. The Balaban J connectivity index is 1.49. The number of ketones is 1. The van der Waals surface area contributed by atoms with E-state index >= 15 is 0 Å². The lowest BCUT2D eigenvalue weighted by molar-refractivity contribution is 0.0369. The molecule has 6 rings (SSSR count). The average Bonchev–Trinajstić information content (AvgIpc) is 3.51. The molecule has 38 heavy (non-hydrogen) atoms. The lowest BCUT2D eigenvalue weighted by Crippen LogP contribution is -2.37. The fourth-order valence-electron chi connectivity index (χ4n) is 5.50. The van der Waals surface area contributed by atoms with Crippen LogP contribution in [0.2, 0.25) is 0 Å². The van der Waals surface area contributed by atoms with Gasteiger partial charge >= 0.3 is 0 Å². The second-order valence-corrected chi connectivity index (χ2v) is 9.72. The first-order chi connectivity index (χ1) is 18.6. The topological polar surface area (TPSA) is 125 Å². The summed E-state index contributed by atoms with van der Waals surface area (Å²) >= 11 is 0. The maximum atomic E-state index is 14.0. The van der Waals surface area contributed by atoms with Gasteiger partial charge in [0.1, 0.15) is 5.75 Å². The van der Waals surface area contributed by atoms with Crippen LogP contribution in [0.25, 0.3) is 22.0 Å². The van der Waals surface area contributed by atoms with Crippen LogP contribution in [0, 0.1) is 0 Å². The van der Waals surface area contributed by atoms with E-state index in [0.29, 0.717) is 95.3 Å². The van der Waals surface area contributed by atoms with Gasteiger partial charge in [0, 0.05) is 53.6 Å². The molecule has 0 radical (unpaired) electrons. The Morgan fingerprint density at radius 3 is 2.45 bits per heavy atom. The molecule has 0 spiro atoms. The highest BCUT2D eigenvalue weighted by atomic mass is 16.7. The minimum absolute atomic E-state index is 0.0940. The van der Waals surface area contributed by atoms with Crippen molar-refractivity contribution in [1.82, 2.24) is 9.47 Å². The number of rotatable bonds is 9. The van der Waals surface area contributed by atoms with Gasteiger partial charge in [-0.3, -0.25) is 14.5 Å². The highest BCUT2D eigenvalue weighted by Gasteiger charge is 2.35. The van der Waals surface area contributed by atoms with E-state index in [0.717, 1.165) is 26.1 Å². The smallest absolute Gasteiger partial charge is 0.258 e. The van der Waals surface area contributed by atoms with E-state index in [1.54, 1.807) is 28.8 Å². The summed E-state index contributed by atoms with van der Waals surface area (Å²) in [6.45, 7) is 5.04. The van der Waals surface area contributed by atoms with Gasteiger partial charge in [0.25, 0.3) is 5.56 Å². The van der Waals surface area contributed by atoms with Crippen LogP contribution in [0.3, 0.4) is 0 Å². The number of hydrogen-bond acceptors (Lipinski definition) is 9. The predicted molar refractivity (Wildman–Crippen MR) is 140 cm³/mol. The second-order valence-electron chi connectivity index (χ2n) is 9.72. The summed E-state index contributed by atoms with van der Waals surface area (Å²) in [5.74, 6) is 1.34. The first-order valence-corrected chi connectivity index (χ1v) is 13.1. The van der Waals surface area contributed by atoms with Crippen LogP contribution in [0.1, 0.15) is 34.3 Å². The Labute approximate surface area is 219 Å². The van der Waals surface area contributed by atoms with Crippen molar-refractivity contribution in [2.24, 2.45) is 5.73 Å². The van der Waals surface area contributed by atoms with Crippen molar-refractivity contribution in [3.63, 3.8) is 0 Å². The van der Waals surface area contributed by atoms with Crippen molar-refractivity contribution in [2.75, 3.05) is 52.8 Å². The molecule has 200 valence electrons. The van der Waals surface area contributed by atoms with E-state index < -0.39 is 0 Å². The Morgan fingerprint density at radius 1 is 0.947 bits per heavy atom. The molecule has 3 heterocycles. The summed E-state index contributed by atoms with van der Waals surface area (Å²) in [5, 5.41) is 10.9. The number of carbonyl (C=O) groups excluding carboxylic acids is 1. The number of benzene rings is 2. The van der Waals surface area contributed by atoms with Gasteiger partial charge in [-0.1, -0.05) is 0 Å². The summed E-state index contributed by atoms with van der Waals surface area (Å²) in [4.78, 5) is 30.2. The molecule has 10 nitrogen and oxygen atoms in total. The number of morpholine rings is 1. The normalized spacial score (nSPS) is 16.2. The molecule has 1 fully saturated rings. The Bertz CT molecular complexity index is 1460. The van der Waals surface area contributed by atoms with Crippen LogP contribution >= 0.6 is 0 Å². The second kappa shape index (κ2) is 10.4. The predicted octanol–water partition coefficient (Wildman–Crippen LogP) is 1.88. The van der Waals surface area contributed by atoms with Crippen LogP contribution in [-0.4, -0.2) is 73.1 Å². The number of aliphatic hydroxyl groups is 1.